The maximum Gasteiger partial charge on any atom is 0.252 e. The van der Waals surface area contributed by atoms with Crippen molar-refractivity contribution in [2.24, 2.45) is 5.73 Å². The third-order valence-electron chi connectivity index (χ3n) is 2.10. The van der Waals surface area contributed by atoms with E-state index in [-0.39, 0.29) is 5.56 Å². The summed E-state index contributed by atoms with van der Waals surface area (Å²) in [5.41, 5.74) is 12.1. The van der Waals surface area contributed by atoms with E-state index >= 15 is 0 Å². The number of nitrogens with one attached hydrogen (secondary N) is 1. The Morgan fingerprint density at radius 3 is 3.00 bits per heavy atom. The number of aromatic nitrogens is 2. The molecule has 0 atom stereocenters. The third kappa shape index (κ3) is 2.51. The average molecular weight is 233 g/mol. The van der Waals surface area contributed by atoms with Crippen molar-refractivity contribution in [3.8, 4) is 0 Å². The number of hydrogen-bond donors (Lipinski definition) is 3. The van der Waals surface area contributed by atoms with Crippen LogP contribution < -0.4 is 16.8 Å². The quantitative estimate of drug-likeness (QED) is 0.701. The molecule has 7 heteroatoms. The van der Waals surface area contributed by atoms with Gasteiger partial charge in [0.25, 0.3) is 5.91 Å². The number of nitrogens with zero attached hydrogens (tertiary/aromatic N) is 2. The summed E-state index contributed by atoms with van der Waals surface area (Å²) in [6.45, 7) is 0.383. The Balaban J connectivity index is 2.17. The topological polar surface area (TPSA) is 120 Å². The second-order valence-electron chi connectivity index (χ2n) is 3.37. The Kier molecular flexibility index (Phi) is 2.91. The van der Waals surface area contributed by atoms with E-state index in [4.69, 9.17) is 11.5 Å². The predicted octanol–water partition coefficient (Wildman–Crippen LogP) is 0.363. The van der Waals surface area contributed by atoms with Crippen LogP contribution in [0.3, 0.4) is 0 Å². The number of anilines is 2. The number of carbonyl (C=O) groups is 1. The first-order valence-electron chi connectivity index (χ1n) is 4.85. The van der Waals surface area contributed by atoms with Gasteiger partial charge in [-0.05, 0) is 6.07 Å². The summed E-state index contributed by atoms with van der Waals surface area (Å²) in [4.78, 5) is 15.2. The van der Waals surface area contributed by atoms with Crippen LogP contribution in [-0.2, 0) is 6.54 Å². The number of carbonyl (C=O) groups excluding carboxylic acids is 1. The Hall–Kier alpha value is -2.57. The lowest BCUT2D eigenvalue weighted by Crippen LogP contribution is -2.16. The van der Waals surface area contributed by atoms with Gasteiger partial charge in [-0.25, -0.2) is 4.98 Å². The summed E-state index contributed by atoms with van der Waals surface area (Å²) in [6, 6.07) is 3.18. The number of amides is 1. The molecule has 0 aromatic carbocycles. The summed E-state index contributed by atoms with van der Waals surface area (Å²) < 4.78 is 4.68. The molecule has 0 bridgehead atoms. The van der Waals surface area contributed by atoms with Gasteiger partial charge >= 0.3 is 0 Å². The number of pyridine rings is 1. The minimum Gasteiger partial charge on any atom is -0.397 e. The first-order chi connectivity index (χ1) is 8.16. The van der Waals surface area contributed by atoms with E-state index < -0.39 is 5.91 Å². The second kappa shape index (κ2) is 4.52. The van der Waals surface area contributed by atoms with E-state index in [0.29, 0.717) is 23.7 Å². The summed E-state index contributed by atoms with van der Waals surface area (Å²) in [6.07, 6.45) is 2.90. The van der Waals surface area contributed by atoms with Crippen molar-refractivity contribution in [3.05, 3.63) is 35.9 Å². The third-order valence-corrected chi connectivity index (χ3v) is 2.10. The fraction of sp³-hybridized carbons (Fsp3) is 0.100. The zero-order valence-corrected chi connectivity index (χ0v) is 8.88. The van der Waals surface area contributed by atoms with Crippen LogP contribution in [0.25, 0.3) is 0 Å². The predicted molar refractivity (Wildman–Crippen MR) is 61.0 cm³/mol. The maximum atomic E-state index is 11.2. The minimum atomic E-state index is -0.590. The van der Waals surface area contributed by atoms with Gasteiger partial charge in [-0.15, -0.1) is 0 Å². The lowest BCUT2D eigenvalue weighted by molar-refractivity contribution is 0.100. The van der Waals surface area contributed by atoms with Crippen LogP contribution in [-0.4, -0.2) is 16.0 Å². The average Bonchev–Trinajstić information content (AvgIpc) is 2.80. The van der Waals surface area contributed by atoms with Gasteiger partial charge in [0.1, 0.15) is 17.8 Å². The van der Waals surface area contributed by atoms with E-state index in [9.17, 15) is 4.79 Å². The number of hydrogen-bond acceptors (Lipinski definition) is 6. The molecule has 1 amide bonds. The fourth-order valence-corrected chi connectivity index (χ4v) is 1.31. The van der Waals surface area contributed by atoms with Crippen molar-refractivity contribution in [3.63, 3.8) is 0 Å². The SMILES string of the molecule is NC(=O)c1cc(N)cnc1NCc1ccon1. The summed E-state index contributed by atoms with van der Waals surface area (Å²) in [5.74, 6) is -0.220. The molecule has 2 aromatic heterocycles. The molecule has 2 heterocycles. The molecule has 88 valence electrons. The molecule has 0 unspecified atom stereocenters. The molecule has 0 radical (unpaired) electrons. The molecular formula is C10H11N5O2. The van der Waals surface area contributed by atoms with Gasteiger partial charge < -0.3 is 21.3 Å². The minimum absolute atomic E-state index is 0.244. The van der Waals surface area contributed by atoms with Crippen LogP contribution in [0.2, 0.25) is 0 Å². The molecule has 0 saturated carbocycles. The van der Waals surface area contributed by atoms with Crippen molar-refractivity contribution in [2.75, 3.05) is 11.1 Å². The number of nitrogen functional groups attached to an aromatic ring is 1. The molecule has 0 saturated heterocycles. The van der Waals surface area contributed by atoms with Crippen molar-refractivity contribution in [1.29, 1.82) is 0 Å². The molecule has 17 heavy (non-hydrogen) atoms. The first kappa shape index (κ1) is 10.9. The van der Waals surface area contributed by atoms with Crippen LogP contribution in [0.1, 0.15) is 16.1 Å². The Morgan fingerprint density at radius 1 is 1.53 bits per heavy atom. The molecule has 2 aromatic rings. The maximum absolute atomic E-state index is 11.2. The molecule has 7 nitrogen and oxygen atoms in total. The van der Waals surface area contributed by atoms with Gasteiger partial charge in [0.05, 0.1) is 24.0 Å². The first-order valence-corrected chi connectivity index (χ1v) is 4.85. The molecule has 5 N–H and O–H groups in total. The van der Waals surface area contributed by atoms with Gasteiger partial charge in [0, 0.05) is 6.07 Å². The Labute approximate surface area is 96.8 Å². The highest BCUT2D eigenvalue weighted by atomic mass is 16.5. The molecule has 0 aliphatic rings. The van der Waals surface area contributed by atoms with Crippen LogP contribution in [0.5, 0.6) is 0 Å². The highest BCUT2D eigenvalue weighted by Crippen LogP contribution is 2.15. The summed E-state index contributed by atoms with van der Waals surface area (Å²) >= 11 is 0. The van der Waals surface area contributed by atoms with E-state index in [2.05, 4.69) is 20.0 Å². The number of primary amides is 1. The normalized spacial score (nSPS) is 10.1. The van der Waals surface area contributed by atoms with Gasteiger partial charge in [0.15, 0.2) is 0 Å². The molecule has 2 rings (SSSR count). The van der Waals surface area contributed by atoms with E-state index in [0.717, 1.165) is 0 Å². The molecule has 0 aliphatic heterocycles. The zero-order valence-electron chi connectivity index (χ0n) is 8.88. The van der Waals surface area contributed by atoms with Gasteiger partial charge in [-0.1, -0.05) is 5.16 Å². The van der Waals surface area contributed by atoms with Crippen LogP contribution in [0.4, 0.5) is 11.5 Å². The van der Waals surface area contributed by atoms with Gasteiger partial charge in [-0.3, -0.25) is 4.79 Å². The highest BCUT2D eigenvalue weighted by Gasteiger charge is 2.10. The van der Waals surface area contributed by atoms with Gasteiger partial charge in [-0.2, -0.15) is 0 Å². The highest BCUT2D eigenvalue weighted by molar-refractivity contribution is 5.98. The smallest absolute Gasteiger partial charge is 0.252 e. The van der Waals surface area contributed by atoms with Crippen LogP contribution in [0, 0.1) is 0 Å². The van der Waals surface area contributed by atoms with E-state index in [1.165, 1.54) is 18.5 Å². The Morgan fingerprint density at radius 2 is 2.35 bits per heavy atom. The van der Waals surface area contributed by atoms with E-state index in [1.807, 2.05) is 0 Å². The molecule has 0 spiro atoms. The largest absolute Gasteiger partial charge is 0.397 e. The zero-order chi connectivity index (χ0) is 12.3. The second-order valence-corrected chi connectivity index (χ2v) is 3.37. The lowest BCUT2D eigenvalue weighted by atomic mass is 10.2. The lowest BCUT2D eigenvalue weighted by Gasteiger charge is -2.07. The van der Waals surface area contributed by atoms with E-state index in [1.54, 1.807) is 6.07 Å². The van der Waals surface area contributed by atoms with Crippen LogP contribution in [0.15, 0.2) is 29.1 Å². The Bertz CT molecular complexity index is 523. The molecule has 0 aliphatic carbocycles. The monoisotopic (exact) mass is 233 g/mol. The number of nitrogens with two attached hydrogens (primary N) is 2. The van der Waals surface area contributed by atoms with Crippen molar-refractivity contribution < 1.29 is 9.32 Å². The van der Waals surface area contributed by atoms with Gasteiger partial charge in [0.2, 0.25) is 0 Å². The molecule has 0 fully saturated rings. The number of rotatable bonds is 4. The van der Waals surface area contributed by atoms with Crippen molar-refractivity contribution >= 4 is 17.4 Å². The standard InChI is InChI=1S/C10H11N5O2/c11-6-3-8(9(12)16)10(13-4-6)14-5-7-1-2-17-15-7/h1-4H,5,11H2,(H2,12,16)(H,13,14). The van der Waals surface area contributed by atoms with Crippen LogP contribution >= 0.6 is 0 Å². The fourth-order valence-electron chi connectivity index (χ4n) is 1.31. The summed E-state index contributed by atoms with van der Waals surface area (Å²) in [5, 5.41) is 6.65. The molecular weight excluding hydrogens is 222 g/mol. The van der Waals surface area contributed by atoms with Crippen molar-refractivity contribution in [2.45, 2.75) is 6.54 Å². The summed E-state index contributed by atoms with van der Waals surface area (Å²) in [7, 11) is 0. The van der Waals surface area contributed by atoms with Crippen molar-refractivity contribution in [1.82, 2.24) is 10.1 Å².